The Morgan fingerprint density at radius 1 is 1.08 bits per heavy atom. The number of aromatic nitrogens is 2. The smallest absolute Gasteiger partial charge is 0.372 e. The second-order valence-corrected chi connectivity index (χ2v) is 10.2. The fourth-order valence-corrected chi connectivity index (χ4v) is 5.98. The third-order valence-electron chi connectivity index (χ3n) is 7.93. The lowest BCUT2D eigenvalue weighted by Gasteiger charge is -2.36. The zero-order valence-corrected chi connectivity index (χ0v) is 21.2. The van der Waals surface area contributed by atoms with Crippen molar-refractivity contribution in [3.63, 3.8) is 0 Å². The maximum absolute atomic E-state index is 14.9. The first-order valence-corrected chi connectivity index (χ1v) is 13.0. The van der Waals surface area contributed by atoms with Crippen molar-refractivity contribution in [2.75, 3.05) is 19.6 Å². The van der Waals surface area contributed by atoms with Crippen molar-refractivity contribution in [3.8, 4) is 5.69 Å². The molecule has 2 aliphatic heterocycles. The normalized spacial score (nSPS) is 22.6. The first-order valence-electron chi connectivity index (χ1n) is 13.0. The molecule has 0 radical (unpaired) electrons. The van der Waals surface area contributed by atoms with E-state index in [9.17, 15) is 22.7 Å². The number of fused-ring (bicyclic) bond motifs is 2. The minimum Gasteiger partial charge on any atom is -0.372 e. The van der Waals surface area contributed by atoms with Crippen molar-refractivity contribution >= 4 is 10.9 Å². The predicted octanol–water partition coefficient (Wildman–Crippen LogP) is 5.83. The lowest BCUT2D eigenvalue weighted by atomic mass is 9.76. The predicted molar refractivity (Wildman–Crippen MR) is 141 cm³/mol. The molecule has 1 saturated heterocycles. The molecule has 3 unspecified atom stereocenters. The topological polar surface area (TPSA) is 44.5 Å². The number of likely N-dealkylation sites (tertiary alicyclic amines) is 1. The summed E-state index contributed by atoms with van der Waals surface area (Å²) in [7, 11) is 0. The van der Waals surface area contributed by atoms with Crippen LogP contribution in [0.2, 0.25) is 0 Å². The molecule has 202 valence electrons. The molecule has 6 rings (SSSR count). The van der Waals surface area contributed by atoms with Crippen LogP contribution in [-0.4, -0.2) is 56.5 Å². The first kappa shape index (κ1) is 25.4. The summed E-state index contributed by atoms with van der Waals surface area (Å²) in [6, 6.07) is 9.43. The fourth-order valence-electron chi connectivity index (χ4n) is 5.98. The molecule has 1 fully saturated rings. The molecule has 1 aliphatic carbocycles. The second kappa shape index (κ2) is 9.41. The summed E-state index contributed by atoms with van der Waals surface area (Å²) in [6.07, 6.45) is 7.42. The van der Waals surface area contributed by atoms with E-state index in [4.69, 9.17) is 0 Å². The molecular weight excluding hydrogens is 508 g/mol. The highest BCUT2D eigenvalue weighted by Crippen LogP contribution is 2.52. The molecule has 3 heterocycles. The van der Waals surface area contributed by atoms with Crippen LogP contribution in [-0.2, 0) is 5.60 Å². The number of rotatable bonds is 6. The Hall–Kier alpha value is -3.85. The van der Waals surface area contributed by atoms with E-state index in [1.807, 2.05) is 17.1 Å². The van der Waals surface area contributed by atoms with Gasteiger partial charge in [-0.05, 0) is 67.0 Å². The molecular formula is C30H28F4N4O. The molecule has 1 N–H and O–H groups in total. The van der Waals surface area contributed by atoms with Gasteiger partial charge < -0.3 is 14.9 Å². The highest BCUT2D eigenvalue weighted by molar-refractivity contribution is 5.81. The molecule has 0 bridgehead atoms. The lowest BCUT2D eigenvalue weighted by Crippen LogP contribution is -2.46. The third-order valence-corrected chi connectivity index (χ3v) is 7.93. The molecule has 9 heteroatoms. The van der Waals surface area contributed by atoms with Crippen LogP contribution in [0.25, 0.3) is 16.6 Å². The van der Waals surface area contributed by atoms with Crippen LogP contribution in [0.5, 0.6) is 0 Å². The molecule has 1 aromatic heterocycles. The number of nitrogens with zero attached hydrogens (tertiary/aromatic N) is 4. The lowest BCUT2D eigenvalue weighted by molar-refractivity contribution is -0.251. The van der Waals surface area contributed by atoms with Gasteiger partial charge >= 0.3 is 6.18 Å². The van der Waals surface area contributed by atoms with E-state index >= 15 is 0 Å². The van der Waals surface area contributed by atoms with Crippen LogP contribution in [0.15, 0.2) is 97.0 Å². The highest BCUT2D eigenvalue weighted by Gasteiger charge is 2.61. The van der Waals surface area contributed by atoms with Crippen LogP contribution < -0.4 is 0 Å². The van der Waals surface area contributed by atoms with Gasteiger partial charge in [0.15, 0.2) is 0 Å². The van der Waals surface area contributed by atoms with Crippen molar-refractivity contribution in [1.82, 2.24) is 19.6 Å². The van der Waals surface area contributed by atoms with Gasteiger partial charge in [-0.15, -0.1) is 6.58 Å². The monoisotopic (exact) mass is 536 g/mol. The quantitative estimate of drug-likeness (QED) is 0.318. The van der Waals surface area contributed by atoms with Crippen molar-refractivity contribution in [1.29, 1.82) is 0 Å². The Kier molecular flexibility index (Phi) is 6.14. The molecule has 3 atom stereocenters. The van der Waals surface area contributed by atoms with E-state index in [1.54, 1.807) is 24.3 Å². The van der Waals surface area contributed by atoms with Gasteiger partial charge in [0.2, 0.25) is 5.60 Å². The second-order valence-electron chi connectivity index (χ2n) is 10.2. The summed E-state index contributed by atoms with van der Waals surface area (Å²) in [5, 5.41) is 16.4. The number of halogens is 4. The van der Waals surface area contributed by atoms with E-state index in [2.05, 4.69) is 16.6 Å². The van der Waals surface area contributed by atoms with E-state index in [0.717, 1.165) is 31.6 Å². The van der Waals surface area contributed by atoms with E-state index < -0.39 is 23.5 Å². The summed E-state index contributed by atoms with van der Waals surface area (Å²) in [5.74, 6) is -1.07. The maximum Gasteiger partial charge on any atom is 0.425 e. The number of alkyl halides is 3. The largest absolute Gasteiger partial charge is 0.425 e. The number of benzene rings is 2. The third kappa shape index (κ3) is 4.16. The van der Waals surface area contributed by atoms with Gasteiger partial charge in [-0.3, -0.25) is 0 Å². The van der Waals surface area contributed by atoms with Gasteiger partial charge in [-0.25, -0.2) is 9.07 Å². The standard InChI is InChI=1S/C30H28F4N4O/c1-2-13-37-19-26(25-11-10-24(17-28(25)37)36-14-3-4-15-36)29(39,30(32,33)34)21-5-12-27-20(16-21)18-35-38(27)23-8-6-22(31)7-9-23/h2,5-12,16-19,25,28,39H,1,3-4,13-15H2. The van der Waals surface area contributed by atoms with Gasteiger partial charge in [0.25, 0.3) is 0 Å². The maximum atomic E-state index is 14.9. The molecule has 5 nitrogen and oxygen atoms in total. The number of hydrogen-bond donors (Lipinski definition) is 1. The average Bonchev–Trinajstić information content (AvgIpc) is 3.67. The van der Waals surface area contributed by atoms with Gasteiger partial charge in [0, 0.05) is 48.4 Å². The molecule has 0 saturated carbocycles. The van der Waals surface area contributed by atoms with Crippen LogP contribution in [0.1, 0.15) is 18.4 Å². The Morgan fingerprint density at radius 2 is 1.82 bits per heavy atom. The molecule has 0 amide bonds. The van der Waals surface area contributed by atoms with Gasteiger partial charge in [0.1, 0.15) is 5.82 Å². The Labute approximate surface area is 223 Å². The van der Waals surface area contributed by atoms with Gasteiger partial charge in [-0.1, -0.05) is 18.2 Å². The van der Waals surface area contributed by atoms with Crippen molar-refractivity contribution in [2.45, 2.75) is 30.7 Å². The Bertz CT molecular complexity index is 1500. The summed E-state index contributed by atoms with van der Waals surface area (Å²) in [5.41, 5.74) is -1.52. The molecule has 2 aromatic carbocycles. The molecule has 0 spiro atoms. The van der Waals surface area contributed by atoms with Crippen molar-refractivity contribution in [2.24, 2.45) is 5.92 Å². The number of hydrogen-bond acceptors (Lipinski definition) is 4. The van der Waals surface area contributed by atoms with Crippen LogP contribution >= 0.6 is 0 Å². The van der Waals surface area contributed by atoms with Crippen LogP contribution in [0.4, 0.5) is 17.6 Å². The number of aliphatic hydroxyl groups is 1. The Balaban J connectivity index is 1.42. The first-order chi connectivity index (χ1) is 18.7. The highest BCUT2D eigenvalue weighted by atomic mass is 19.4. The van der Waals surface area contributed by atoms with E-state index in [-0.39, 0.29) is 17.2 Å². The summed E-state index contributed by atoms with van der Waals surface area (Å²) in [4.78, 5) is 4.06. The SMILES string of the molecule is C=CCN1C=C(C(O)(c2ccc3c(cnn3-c3ccc(F)cc3)c2)C(F)(F)F)C2C=CC(N3CCCC3)=CC21. The number of allylic oxidation sites excluding steroid dienone is 1. The molecule has 39 heavy (non-hydrogen) atoms. The van der Waals surface area contributed by atoms with Crippen LogP contribution in [0, 0.1) is 11.7 Å². The summed E-state index contributed by atoms with van der Waals surface area (Å²) >= 11 is 0. The van der Waals surface area contributed by atoms with Gasteiger partial charge in [0.05, 0.1) is 23.4 Å². The Morgan fingerprint density at radius 3 is 2.51 bits per heavy atom. The fraction of sp³-hybridized carbons (Fsp3) is 0.300. The van der Waals surface area contributed by atoms with Crippen molar-refractivity contribution < 1.29 is 22.7 Å². The zero-order chi connectivity index (χ0) is 27.4. The molecule has 3 aliphatic rings. The average molecular weight is 537 g/mol. The minimum absolute atomic E-state index is 0.125. The van der Waals surface area contributed by atoms with E-state index in [0.29, 0.717) is 23.1 Å². The summed E-state index contributed by atoms with van der Waals surface area (Å²) < 4.78 is 59.6. The van der Waals surface area contributed by atoms with E-state index in [1.165, 1.54) is 47.4 Å². The van der Waals surface area contributed by atoms with Crippen molar-refractivity contribution in [3.05, 3.63) is 108 Å². The van der Waals surface area contributed by atoms with Crippen LogP contribution in [0.3, 0.4) is 0 Å². The minimum atomic E-state index is -4.99. The molecule has 3 aromatic rings. The zero-order valence-electron chi connectivity index (χ0n) is 21.2. The summed E-state index contributed by atoms with van der Waals surface area (Å²) in [6.45, 7) is 5.98. The van der Waals surface area contributed by atoms with Gasteiger partial charge in [-0.2, -0.15) is 18.3 Å².